The highest BCUT2D eigenvalue weighted by Gasteiger charge is 2.26. The molecule has 0 unspecified atom stereocenters. The fourth-order valence-electron chi connectivity index (χ4n) is 2.44. The maximum atomic E-state index is 11.0. The van der Waals surface area contributed by atoms with Gasteiger partial charge in [-0.2, -0.15) is 0 Å². The molecule has 0 saturated carbocycles. The highest BCUT2D eigenvalue weighted by molar-refractivity contribution is 7.53. The quantitative estimate of drug-likeness (QED) is 0.0887. The van der Waals surface area contributed by atoms with Crippen LogP contribution in [0.15, 0.2) is 0 Å². The minimum atomic E-state index is -4.49. The topological polar surface area (TPSA) is 517 Å². The Balaban J connectivity index is -0.000000130. The molecule has 0 radical (unpaired) electrons. The van der Waals surface area contributed by atoms with E-state index in [2.05, 4.69) is 0 Å². The summed E-state index contributed by atoms with van der Waals surface area (Å²) in [5, 5.41) is 0. The zero-order chi connectivity index (χ0) is 22.2. The lowest BCUT2D eigenvalue weighted by atomic mass is 10.2. The second kappa shape index (κ2) is 25.5. The Morgan fingerprint density at radius 1 is 0.361 bits per heavy atom. The first-order valence-electron chi connectivity index (χ1n) is 7.99. The van der Waals surface area contributed by atoms with Gasteiger partial charge in [-0.15, -0.1) is 0 Å². The van der Waals surface area contributed by atoms with E-state index in [0.29, 0.717) is 25.7 Å². The number of hydrogen-bond acceptors (Lipinski definition) is 14. The van der Waals surface area contributed by atoms with E-state index in [0.717, 1.165) is 9.80 Å². The third-order valence-corrected chi connectivity index (χ3v) is 6.31. The second-order valence-corrected chi connectivity index (χ2v) is 12.9. The Kier molecular flexibility index (Phi) is 42.9. The molecule has 234 valence electrons. The Morgan fingerprint density at radius 3 is 0.667 bits per heavy atom. The summed E-state index contributed by atoms with van der Waals surface area (Å²) < 4.78 is 44.1. The van der Waals surface area contributed by atoms with Crippen molar-refractivity contribution >= 4 is 30.4 Å². The van der Waals surface area contributed by atoms with E-state index < -0.39 is 55.5 Å². The third-order valence-electron chi connectivity index (χ3n) is 3.24. The molecule has 0 fully saturated rings. The SMILES string of the molecule is N.N.N.N.N.N.N.N.O=P(O)(O)CN(CCCCCCN(CP(=O)(O)O)CP(=O)(O)O)CP(=O)(O)O. The van der Waals surface area contributed by atoms with Gasteiger partial charge in [0, 0.05) is 0 Å². The van der Waals surface area contributed by atoms with Crippen LogP contribution in [0.2, 0.25) is 0 Å². The third kappa shape index (κ3) is 44.2. The van der Waals surface area contributed by atoms with Gasteiger partial charge in [-0.25, -0.2) is 0 Å². The summed E-state index contributed by atoms with van der Waals surface area (Å²) in [6.45, 7) is 0.0375. The summed E-state index contributed by atoms with van der Waals surface area (Å²) in [5.41, 5.74) is 0. The van der Waals surface area contributed by atoms with E-state index in [1.807, 2.05) is 0 Å². The summed E-state index contributed by atoms with van der Waals surface area (Å²) >= 11 is 0. The highest BCUT2D eigenvalue weighted by Crippen LogP contribution is 2.42. The largest absolute Gasteiger partial charge is 0.344 e. The van der Waals surface area contributed by atoms with Crippen LogP contribution in [-0.2, 0) is 18.3 Å². The zero-order valence-corrected chi connectivity index (χ0v) is 24.2. The first-order chi connectivity index (χ1) is 12.4. The molecule has 0 aromatic heterocycles. The van der Waals surface area contributed by atoms with Gasteiger partial charge in [0.15, 0.2) is 0 Å². The van der Waals surface area contributed by atoms with Crippen molar-refractivity contribution in [3.05, 3.63) is 0 Å². The molecule has 0 aromatic carbocycles. The maximum absolute atomic E-state index is 11.0. The zero-order valence-electron chi connectivity index (χ0n) is 20.6. The minimum absolute atomic E-state index is 0. The molecule has 26 heteroatoms. The Morgan fingerprint density at radius 2 is 0.528 bits per heavy atom. The molecule has 0 atom stereocenters. The van der Waals surface area contributed by atoms with Gasteiger partial charge in [0.25, 0.3) is 0 Å². The van der Waals surface area contributed by atoms with Gasteiger partial charge < -0.3 is 88.4 Å². The lowest BCUT2D eigenvalue weighted by Gasteiger charge is -2.23. The number of nitrogens with zero attached hydrogens (tertiary/aromatic N) is 2. The predicted molar refractivity (Wildman–Crippen MR) is 140 cm³/mol. The van der Waals surface area contributed by atoms with Crippen molar-refractivity contribution in [1.82, 2.24) is 59.0 Å². The summed E-state index contributed by atoms with van der Waals surface area (Å²) in [6, 6.07) is 0. The molecule has 0 aliphatic carbocycles. The fourth-order valence-corrected chi connectivity index (χ4v) is 5.80. The molecule has 22 nitrogen and oxygen atoms in total. The molecular formula is C10H52N10O12P4. The van der Waals surface area contributed by atoms with E-state index in [1.54, 1.807) is 0 Å². The van der Waals surface area contributed by atoms with Crippen LogP contribution in [0.25, 0.3) is 0 Å². The van der Waals surface area contributed by atoms with Crippen LogP contribution < -0.4 is 49.2 Å². The second-order valence-electron chi connectivity index (χ2n) is 6.43. The standard InChI is InChI=1S/C10H28N2O12P4.8H3N/c13-25(14,15)7-11(8-26(16,17)18)5-3-1-2-4-6-12(9-27(19,20)21)10-28(22,23)24;;;;;;;;/h1-10H2,(H2,13,14,15)(H2,16,17,18)(H2,19,20,21)(H2,22,23,24);8*1H3. The molecule has 0 amide bonds. The molecule has 0 heterocycles. The van der Waals surface area contributed by atoms with E-state index in [4.69, 9.17) is 39.1 Å². The van der Waals surface area contributed by atoms with Crippen molar-refractivity contribution in [2.75, 3.05) is 38.2 Å². The average molecular weight is 628 g/mol. The lowest BCUT2D eigenvalue weighted by Crippen LogP contribution is -2.28. The molecule has 0 saturated heterocycles. The van der Waals surface area contributed by atoms with Gasteiger partial charge in [0.1, 0.15) is 25.1 Å². The van der Waals surface area contributed by atoms with Crippen molar-refractivity contribution in [1.29, 1.82) is 0 Å². The van der Waals surface area contributed by atoms with Crippen LogP contribution in [0.4, 0.5) is 0 Å². The fraction of sp³-hybridized carbons (Fsp3) is 1.00. The van der Waals surface area contributed by atoms with Gasteiger partial charge in [-0.3, -0.25) is 28.1 Å². The molecule has 0 spiro atoms. The minimum Gasteiger partial charge on any atom is -0.344 e. The van der Waals surface area contributed by atoms with Crippen molar-refractivity contribution in [3.63, 3.8) is 0 Å². The first kappa shape index (κ1) is 60.6. The van der Waals surface area contributed by atoms with Crippen LogP contribution in [-0.4, -0.2) is 87.2 Å². The highest BCUT2D eigenvalue weighted by atomic mass is 31.2. The van der Waals surface area contributed by atoms with Crippen LogP contribution in [0.1, 0.15) is 25.7 Å². The first-order valence-corrected chi connectivity index (χ1v) is 15.2. The number of hydrogen-bond donors (Lipinski definition) is 16. The Hall–Kier alpha value is 0.200. The normalized spacial score (nSPS) is 11.1. The van der Waals surface area contributed by atoms with Gasteiger partial charge in [0.05, 0.1) is 0 Å². The van der Waals surface area contributed by atoms with Crippen LogP contribution in [0, 0.1) is 0 Å². The Bertz CT molecular complexity index is 567. The lowest BCUT2D eigenvalue weighted by molar-refractivity contribution is 0.264. The molecule has 0 aliphatic rings. The van der Waals surface area contributed by atoms with Crippen molar-refractivity contribution < 1.29 is 57.4 Å². The molecular weight excluding hydrogens is 576 g/mol. The van der Waals surface area contributed by atoms with Crippen LogP contribution >= 0.6 is 30.4 Å². The van der Waals surface area contributed by atoms with E-state index in [1.165, 1.54) is 0 Å². The van der Waals surface area contributed by atoms with Crippen LogP contribution in [0.5, 0.6) is 0 Å². The van der Waals surface area contributed by atoms with Gasteiger partial charge >= 0.3 is 30.4 Å². The smallest absolute Gasteiger partial charge is 0.339 e. The molecule has 0 aromatic rings. The molecule has 36 heavy (non-hydrogen) atoms. The summed E-state index contributed by atoms with van der Waals surface area (Å²) in [5.74, 6) is 0. The summed E-state index contributed by atoms with van der Waals surface area (Å²) in [7, 11) is -18.0. The monoisotopic (exact) mass is 628 g/mol. The maximum Gasteiger partial charge on any atom is 0.339 e. The summed E-state index contributed by atoms with van der Waals surface area (Å²) in [6.07, 6.45) is -1.55. The van der Waals surface area contributed by atoms with Crippen LogP contribution in [0.3, 0.4) is 0 Å². The predicted octanol–water partition coefficient (Wildman–Crippen LogP) is 0.988. The van der Waals surface area contributed by atoms with E-state index in [-0.39, 0.29) is 62.3 Å². The Labute approximate surface area is 211 Å². The number of unbranched alkanes of at least 4 members (excludes halogenated alkanes) is 3. The van der Waals surface area contributed by atoms with E-state index in [9.17, 15) is 18.3 Å². The molecule has 0 aliphatic heterocycles. The number of rotatable bonds is 15. The van der Waals surface area contributed by atoms with Gasteiger partial charge in [-0.1, -0.05) is 12.8 Å². The average Bonchev–Trinajstić information content (AvgIpc) is 2.34. The van der Waals surface area contributed by atoms with Crippen molar-refractivity contribution in [3.8, 4) is 0 Å². The summed E-state index contributed by atoms with van der Waals surface area (Å²) in [4.78, 5) is 73.6. The molecule has 32 N–H and O–H groups in total. The van der Waals surface area contributed by atoms with Gasteiger partial charge in [-0.05, 0) is 25.9 Å². The van der Waals surface area contributed by atoms with Gasteiger partial charge in [0.2, 0.25) is 0 Å². The molecule has 0 bridgehead atoms. The van der Waals surface area contributed by atoms with Crippen molar-refractivity contribution in [2.24, 2.45) is 0 Å². The molecule has 0 rings (SSSR count). The van der Waals surface area contributed by atoms with E-state index >= 15 is 0 Å². The van der Waals surface area contributed by atoms with Crippen molar-refractivity contribution in [2.45, 2.75) is 25.7 Å².